The summed E-state index contributed by atoms with van der Waals surface area (Å²) in [6.45, 7) is 3.74. The number of fused-ring (bicyclic) bond motifs is 1. The molecular formula is C21H27N3O2. The third-order valence-electron chi connectivity index (χ3n) is 4.71. The van der Waals surface area contributed by atoms with Gasteiger partial charge in [0, 0.05) is 18.7 Å². The summed E-state index contributed by atoms with van der Waals surface area (Å²) in [5, 5.41) is 0. The molecule has 5 nitrogen and oxygen atoms in total. The SMILES string of the molecule is Cc1ccc2c(c1)CN(C(=O)[C@H](N)c1ccccc1)[C@H](CN(C)C)CO2. The quantitative estimate of drug-likeness (QED) is 0.917. The van der Waals surface area contributed by atoms with Crippen LogP contribution in [0.2, 0.25) is 0 Å². The molecule has 0 spiro atoms. The van der Waals surface area contributed by atoms with E-state index in [0.717, 1.165) is 29.0 Å². The number of rotatable bonds is 4. The van der Waals surface area contributed by atoms with E-state index in [4.69, 9.17) is 10.5 Å². The van der Waals surface area contributed by atoms with Gasteiger partial charge in [-0.05, 0) is 32.6 Å². The molecule has 26 heavy (non-hydrogen) atoms. The summed E-state index contributed by atoms with van der Waals surface area (Å²) in [4.78, 5) is 17.2. The van der Waals surface area contributed by atoms with E-state index >= 15 is 0 Å². The summed E-state index contributed by atoms with van der Waals surface area (Å²) in [5.74, 6) is 0.781. The molecule has 5 heteroatoms. The largest absolute Gasteiger partial charge is 0.491 e. The Kier molecular flexibility index (Phi) is 5.59. The van der Waals surface area contributed by atoms with Gasteiger partial charge in [0.2, 0.25) is 5.91 Å². The van der Waals surface area contributed by atoms with Crippen LogP contribution in [0.3, 0.4) is 0 Å². The van der Waals surface area contributed by atoms with Crippen LogP contribution < -0.4 is 10.5 Å². The van der Waals surface area contributed by atoms with Gasteiger partial charge in [-0.15, -0.1) is 0 Å². The van der Waals surface area contributed by atoms with E-state index in [0.29, 0.717) is 13.2 Å². The summed E-state index contributed by atoms with van der Waals surface area (Å²) in [6, 6.07) is 14.9. The fourth-order valence-corrected chi connectivity index (χ4v) is 3.37. The lowest BCUT2D eigenvalue weighted by molar-refractivity contribution is -0.136. The smallest absolute Gasteiger partial charge is 0.244 e. The lowest BCUT2D eigenvalue weighted by Gasteiger charge is -2.33. The number of carbonyl (C=O) groups is 1. The molecule has 3 rings (SSSR count). The molecular weight excluding hydrogens is 326 g/mol. The standard InChI is InChI=1S/C21H27N3O2/c1-15-9-10-19-17(11-15)12-24(18(14-26-19)13-23(2)3)21(25)20(22)16-7-5-4-6-8-16/h4-11,18,20H,12-14,22H2,1-3H3/t18-,20-/m1/s1. The molecule has 0 radical (unpaired) electrons. The number of hydrogen-bond acceptors (Lipinski definition) is 4. The van der Waals surface area contributed by atoms with Crippen LogP contribution in [-0.2, 0) is 11.3 Å². The number of amides is 1. The Labute approximate surface area is 155 Å². The third-order valence-corrected chi connectivity index (χ3v) is 4.71. The van der Waals surface area contributed by atoms with Gasteiger partial charge in [-0.2, -0.15) is 0 Å². The van der Waals surface area contributed by atoms with Crippen molar-refractivity contribution in [3.63, 3.8) is 0 Å². The Morgan fingerprint density at radius 2 is 2.00 bits per heavy atom. The van der Waals surface area contributed by atoms with E-state index in [1.165, 1.54) is 0 Å². The van der Waals surface area contributed by atoms with Gasteiger partial charge in [0.15, 0.2) is 0 Å². The Morgan fingerprint density at radius 1 is 1.27 bits per heavy atom. The molecule has 0 unspecified atom stereocenters. The molecule has 0 saturated carbocycles. The molecule has 1 aliphatic rings. The average molecular weight is 353 g/mol. The maximum atomic E-state index is 13.3. The predicted octanol–water partition coefficient (Wildman–Crippen LogP) is 2.35. The van der Waals surface area contributed by atoms with Crippen molar-refractivity contribution < 1.29 is 9.53 Å². The van der Waals surface area contributed by atoms with Gasteiger partial charge in [0.25, 0.3) is 0 Å². The molecule has 2 aromatic rings. The maximum Gasteiger partial charge on any atom is 0.244 e. The minimum absolute atomic E-state index is 0.0556. The van der Waals surface area contributed by atoms with E-state index in [9.17, 15) is 4.79 Å². The van der Waals surface area contributed by atoms with Gasteiger partial charge in [-0.3, -0.25) is 4.79 Å². The van der Waals surface area contributed by atoms with Crippen molar-refractivity contribution in [2.45, 2.75) is 25.6 Å². The normalized spacial score (nSPS) is 18.0. The second kappa shape index (κ2) is 7.89. The molecule has 2 aromatic carbocycles. The highest BCUT2D eigenvalue weighted by Crippen LogP contribution is 2.28. The summed E-state index contributed by atoms with van der Waals surface area (Å²) in [7, 11) is 4.00. The first kappa shape index (κ1) is 18.4. The van der Waals surface area contributed by atoms with E-state index in [2.05, 4.69) is 11.0 Å². The third kappa shape index (κ3) is 4.06. The van der Waals surface area contributed by atoms with E-state index in [1.807, 2.05) is 68.4 Å². The number of carbonyl (C=O) groups excluding carboxylic acids is 1. The number of hydrogen-bond donors (Lipinski definition) is 1. The monoisotopic (exact) mass is 353 g/mol. The highest BCUT2D eigenvalue weighted by Gasteiger charge is 2.32. The number of nitrogens with zero attached hydrogens (tertiary/aromatic N) is 2. The van der Waals surface area contributed by atoms with Gasteiger partial charge < -0.3 is 20.3 Å². The first-order chi connectivity index (χ1) is 12.5. The van der Waals surface area contributed by atoms with Crippen LogP contribution in [-0.4, -0.2) is 49.0 Å². The Bertz CT molecular complexity index is 761. The molecule has 0 aromatic heterocycles. The van der Waals surface area contributed by atoms with Gasteiger partial charge in [0.1, 0.15) is 18.4 Å². The summed E-state index contributed by atoms with van der Waals surface area (Å²) < 4.78 is 6.02. The highest BCUT2D eigenvalue weighted by molar-refractivity contribution is 5.83. The van der Waals surface area contributed by atoms with E-state index in [1.54, 1.807) is 0 Å². The zero-order valence-corrected chi connectivity index (χ0v) is 15.7. The topological polar surface area (TPSA) is 58.8 Å². The number of likely N-dealkylation sites (N-methyl/N-ethyl adjacent to an activating group) is 1. The number of ether oxygens (including phenoxy) is 1. The van der Waals surface area contributed by atoms with Crippen LogP contribution in [0.5, 0.6) is 5.75 Å². The molecule has 0 fully saturated rings. The predicted molar refractivity (Wildman–Crippen MR) is 103 cm³/mol. The molecule has 0 bridgehead atoms. The maximum absolute atomic E-state index is 13.3. The van der Waals surface area contributed by atoms with Crippen molar-refractivity contribution in [2.24, 2.45) is 5.73 Å². The van der Waals surface area contributed by atoms with Crippen LogP contribution in [0, 0.1) is 6.92 Å². The Morgan fingerprint density at radius 3 is 2.69 bits per heavy atom. The first-order valence-corrected chi connectivity index (χ1v) is 8.94. The van der Waals surface area contributed by atoms with E-state index < -0.39 is 6.04 Å². The minimum atomic E-state index is -0.674. The van der Waals surface area contributed by atoms with Crippen LogP contribution in [0.1, 0.15) is 22.7 Å². The fourth-order valence-electron chi connectivity index (χ4n) is 3.37. The molecule has 138 valence electrons. The van der Waals surface area contributed by atoms with Crippen LogP contribution in [0.15, 0.2) is 48.5 Å². The average Bonchev–Trinajstić information content (AvgIpc) is 2.80. The highest BCUT2D eigenvalue weighted by atomic mass is 16.5. The summed E-state index contributed by atoms with van der Waals surface area (Å²) >= 11 is 0. The lowest BCUT2D eigenvalue weighted by atomic mass is 10.0. The van der Waals surface area contributed by atoms with Gasteiger partial charge >= 0.3 is 0 Å². The fraction of sp³-hybridized carbons (Fsp3) is 0.381. The first-order valence-electron chi connectivity index (χ1n) is 8.94. The summed E-state index contributed by atoms with van der Waals surface area (Å²) in [6.07, 6.45) is 0. The minimum Gasteiger partial charge on any atom is -0.491 e. The molecule has 1 aliphatic heterocycles. The van der Waals surface area contributed by atoms with Gasteiger partial charge in [0.05, 0.1) is 6.04 Å². The van der Waals surface area contributed by atoms with Gasteiger partial charge in [-0.25, -0.2) is 0 Å². The lowest BCUT2D eigenvalue weighted by Crippen LogP contribution is -2.50. The summed E-state index contributed by atoms with van der Waals surface area (Å²) in [5.41, 5.74) is 9.33. The second-order valence-corrected chi connectivity index (χ2v) is 7.19. The van der Waals surface area contributed by atoms with Crippen molar-refractivity contribution >= 4 is 5.91 Å². The molecule has 2 atom stereocenters. The van der Waals surface area contributed by atoms with E-state index in [-0.39, 0.29) is 11.9 Å². The van der Waals surface area contributed by atoms with Crippen molar-refractivity contribution in [2.75, 3.05) is 27.2 Å². The van der Waals surface area contributed by atoms with Gasteiger partial charge in [-0.1, -0.05) is 48.0 Å². The van der Waals surface area contributed by atoms with Crippen LogP contribution >= 0.6 is 0 Å². The van der Waals surface area contributed by atoms with Crippen LogP contribution in [0.25, 0.3) is 0 Å². The Hall–Kier alpha value is -2.37. The zero-order chi connectivity index (χ0) is 18.7. The second-order valence-electron chi connectivity index (χ2n) is 7.19. The number of nitrogens with two attached hydrogens (primary N) is 1. The zero-order valence-electron chi connectivity index (χ0n) is 15.7. The van der Waals surface area contributed by atoms with Crippen molar-refractivity contribution in [1.29, 1.82) is 0 Å². The Balaban J connectivity index is 1.91. The van der Waals surface area contributed by atoms with Crippen LogP contribution in [0.4, 0.5) is 0 Å². The number of aryl methyl sites for hydroxylation is 1. The van der Waals surface area contributed by atoms with Crippen molar-refractivity contribution in [3.05, 3.63) is 65.2 Å². The van der Waals surface area contributed by atoms with Crippen molar-refractivity contribution in [3.8, 4) is 5.75 Å². The number of benzene rings is 2. The molecule has 0 aliphatic carbocycles. The molecule has 1 amide bonds. The molecule has 1 heterocycles. The van der Waals surface area contributed by atoms with Crippen molar-refractivity contribution in [1.82, 2.24) is 9.80 Å². The molecule has 0 saturated heterocycles. The molecule has 2 N–H and O–H groups in total.